The summed E-state index contributed by atoms with van der Waals surface area (Å²) in [6, 6.07) is 50.5. The van der Waals surface area contributed by atoms with Crippen LogP contribution in [0.4, 0.5) is 0 Å². The molecular formula is C46H35N3. The Morgan fingerprint density at radius 3 is 1.96 bits per heavy atom. The largest absolute Gasteiger partial charge is 0.309 e. The Hall–Kier alpha value is -5.80. The average Bonchev–Trinajstić information content (AvgIpc) is 3.69. The highest BCUT2D eigenvalue weighted by Gasteiger charge is 2.40. The van der Waals surface area contributed by atoms with Crippen LogP contribution < -0.4 is 0 Å². The lowest BCUT2D eigenvalue weighted by Gasteiger charge is -2.23. The van der Waals surface area contributed by atoms with Crippen molar-refractivity contribution in [3.05, 3.63) is 162 Å². The van der Waals surface area contributed by atoms with E-state index in [4.69, 9.17) is 9.97 Å². The van der Waals surface area contributed by atoms with Crippen LogP contribution in [0.15, 0.2) is 140 Å². The van der Waals surface area contributed by atoms with Crippen LogP contribution in [0.5, 0.6) is 0 Å². The Kier molecular flexibility index (Phi) is 5.69. The van der Waals surface area contributed by atoms with Gasteiger partial charge in [0.1, 0.15) is 0 Å². The molecule has 0 bridgehead atoms. The maximum atomic E-state index is 5.40. The molecule has 234 valence electrons. The minimum Gasteiger partial charge on any atom is -0.309 e. The summed E-state index contributed by atoms with van der Waals surface area (Å²) >= 11 is 0. The maximum absolute atomic E-state index is 5.40. The van der Waals surface area contributed by atoms with Crippen molar-refractivity contribution >= 4 is 21.8 Å². The smallest absolute Gasteiger partial charge is 0.160 e. The van der Waals surface area contributed by atoms with Crippen LogP contribution in [0.2, 0.25) is 0 Å². The number of para-hydroxylation sites is 1. The van der Waals surface area contributed by atoms with Crippen molar-refractivity contribution in [2.24, 2.45) is 0 Å². The quantitative estimate of drug-likeness (QED) is 0.195. The molecule has 10 rings (SSSR count). The molecule has 0 saturated heterocycles. The molecule has 3 nitrogen and oxygen atoms in total. The first-order valence-electron chi connectivity index (χ1n) is 17.2. The van der Waals surface area contributed by atoms with Crippen molar-refractivity contribution in [3.8, 4) is 50.7 Å². The highest BCUT2D eigenvalue weighted by Crippen LogP contribution is 2.54. The van der Waals surface area contributed by atoms with E-state index in [0.29, 0.717) is 0 Å². The van der Waals surface area contributed by atoms with Gasteiger partial charge in [-0.05, 0) is 40.5 Å². The van der Waals surface area contributed by atoms with E-state index < -0.39 is 0 Å². The molecule has 8 aromatic rings. The van der Waals surface area contributed by atoms with Crippen molar-refractivity contribution in [1.82, 2.24) is 14.5 Å². The zero-order chi connectivity index (χ0) is 33.1. The summed E-state index contributed by atoms with van der Waals surface area (Å²) < 4.78 is 2.47. The molecule has 0 fully saturated rings. The van der Waals surface area contributed by atoms with Crippen molar-refractivity contribution < 1.29 is 0 Å². The van der Waals surface area contributed by atoms with Gasteiger partial charge in [-0.3, -0.25) is 0 Å². The molecule has 0 atom stereocenters. The fraction of sp³-hybridized carbons (Fsp3) is 0.130. The van der Waals surface area contributed by atoms with Crippen molar-refractivity contribution in [3.63, 3.8) is 0 Å². The van der Waals surface area contributed by atoms with Gasteiger partial charge >= 0.3 is 0 Å². The highest BCUT2D eigenvalue weighted by molar-refractivity contribution is 6.15. The first-order chi connectivity index (χ1) is 23.8. The van der Waals surface area contributed by atoms with Crippen molar-refractivity contribution in [2.75, 3.05) is 0 Å². The van der Waals surface area contributed by atoms with Crippen LogP contribution in [-0.2, 0) is 10.8 Å². The summed E-state index contributed by atoms with van der Waals surface area (Å²) in [5, 5.41) is 2.53. The molecule has 2 aromatic heterocycles. The summed E-state index contributed by atoms with van der Waals surface area (Å²) in [4.78, 5) is 10.8. The standard InChI is InChI=1S/C46H35N3/c1-45(2)35-22-11-8-20-33(35)39-37(45)26-25-32-31-19-10-13-24-38(31)49(43(32)39)30-18-14-17-29(27-30)44-47-41(28-15-6-5-7-16-28)40-42(48-44)34-21-9-12-23-36(34)46(40,3)4/h5-27H,1-4H3. The first-order valence-corrected chi connectivity index (χ1v) is 17.2. The SMILES string of the molecule is CC1(C)c2ccccc2-c2c1ccc1c3ccccc3n(-c3cccc(-c4nc(-c5ccccc5)c5c(n4)-c4ccccc4C5(C)C)c3)c21. The zero-order valence-electron chi connectivity index (χ0n) is 28.1. The molecule has 0 amide bonds. The third kappa shape index (κ3) is 3.79. The predicted molar refractivity (Wildman–Crippen MR) is 202 cm³/mol. The number of nitrogens with zero attached hydrogens (tertiary/aromatic N) is 3. The van der Waals surface area contributed by atoms with Crippen LogP contribution in [0.25, 0.3) is 72.5 Å². The Bertz CT molecular complexity index is 2660. The molecule has 2 aliphatic carbocycles. The Balaban J connectivity index is 1.25. The molecule has 49 heavy (non-hydrogen) atoms. The number of fused-ring (bicyclic) bond motifs is 10. The lowest BCUT2D eigenvalue weighted by atomic mass is 9.81. The van der Waals surface area contributed by atoms with Gasteiger partial charge in [0.25, 0.3) is 0 Å². The van der Waals surface area contributed by atoms with Gasteiger partial charge in [0.15, 0.2) is 5.82 Å². The van der Waals surface area contributed by atoms with E-state index in [2.05, 4.69) is 172 Å². The molecule has 3 heteroatoms. The first kappa shape index (κ1) is 28.2. The molecule has 2 heterocycles. The van der Waals surface area contributed by atoms with E-state index in [1.807, 2.05) is 0 Å². The average molecular weight is 630 g/mol. The monoisotopic (exact) mass is 629 g/mol. The minimum absolute atomic E-state index is 0.0839. The summed E-state index contributed by atoms with van der Waals surface area (Å²) in [7, 11) is 0. The van der Waals surface area contributed by atoms with Gasteiger partial charge < -0.3 is 4.57 Å². The van der Waals surface area contributed by atoms with Crippen molar-refractivity contribution in [1.29, 1.82) is 0 Å². The van der Waals surface area contributed by atoms with E-state index in [0.717, 1.165) is 34.0 Å². The Morgan fingerprint density at radius 2 is 1.14 bits per heavy atom. The zero-order valence-corrected chi connectivity index (χ0v) is 28.1. The van der Waals surface area contributed by atoms with Gasteiger partial charge in [-0.15, -0.1) is 0 Å². The van der Waals surface area contributed by atoms with Crippen LogP contribution in [0.1, 0.15) is 49.9 Å². The van der Waals surface area contributed by atoms with Gasteiger partial charge in [-0.2, -0.15) is 0 Å². The summed E-state index contributed by atoms with van der Waals surface area (Å²) in [5.74, 6) is 0.740. The Morgan fingerprint density at radius 1 is 0.490 bits per heavy atom. The predicted octanol–water partition coefficient (Wildman–Crippen LogP) is 11.5. The number of hydrogen-bond acceptors (Lipinski definition) is 2. The van der Waals surface area contributed by atoms with Crippen LogP contribution in [-0.4, -0.2) is 14.5 Å². The fourth-order valence-electron chi connectivity index (χ4n) is 8.85. The van der Waals surface area contributed by atoms with Crippen LogP contribution >= 0.6 is 0 Å². The molecule has 0 aliphatic heterocycles. The van der Waals surface area contributed by atoms with Gasteiger partial charge in [-0.25, -0.2) is 9.97 Å². The van der Waals surface area contributed by atoms with E-state index in [-0.39, 0.29) is 10.8 Å². The van der Waals surface area contributed by atoms with E-state index >= 15 is 0 Å². The number of benzene rings is 6. The summed E-state index contributed by atoms with van der Waals surface area (Å²) in [6.07, 6.45) is 0. The van der Waals surface area contributed by atoms with E-state index in [1.165, 1.54) is 60.8 Å². The molecule has 0 spiro atoms. The lowest BCUT2D eigenvalue weighted by Crippen LogP contribution is -2.17. The lowest BCUT2D eigenvalue weighted by molar-refractivity contribution is 0.658. The molecule has 6 aromatic carbocycles. The molecule has 0 N–H and O–H groups in total. The minimum atomic E-state index is -0.217. The van der Waals surface area contributed by atoms with Crippen molar-refractivity contribution in [2.45, 2.75) is 38.5 Å². The normalized spacial score (nSPS) is 14.9. The highest BCUT2D eigenvalue weighted by atomic mass is 15.0. The molecule has 0 unspecified atom stereocenters. The van der Waals surface area contributed by atoms with E-state index in [9.17, 15) is 0 Å². The van der Waals surface area contributed by atoms with Crippen LogP contribution in [0, 0.1) is 0 Å². The van der Waals surface area contributed by atoms with Gasteiger partial charge in [0.05, 0.1) is 22.4 Å². The summed E-state index contributed by atoms with van der Waals surface area (Å²) in [5.41, 5.74) is 16.5. The molecule has 0 radical (unpaired) electrons. The molecule has 2 aliphatic rings. The van der Waals surface area contributed by atoms with Crippen LogP contribution in [0.3, 0.4) is 0 Å². The second-order valence-electron chi connectivity index (χ2n) is 14.6. The number of aromatic nitrogens is 3. The third-order valence-corrected chi connectivity index (χ3v) is 11.2. The van der Waals surface area contributed by atoms with Gasteiger partial charge in [0.2, 0.25) is 0 Å². The molecular weight excluding hydrogens is 595 g/mol. The topological polar surface area (TPSA) is 30.7 Å². The number of rotatable bonds is 3. The second kappa shape index (κ2) is 9.87. The van der Waals surface area contributed by atoms with Gasteiger partial charge in [0, 0.05) is 55.1 Å². The fourth-order valence-corrected chi connectivity index (χ4v) is 8.85. The number of hydrogen-bond donors (Lipinski definition) is 0. The van der Waals surface area contributed by atoms with E-state index in [1.54, 1.807) is 0 Å². The van der Waals surface area contributed by atoms with Gasteiger partial charge in [-0.1, -0.05) is 149 Å². The molecule has 0 saturated carbocycles. The second-order valence-corrected chi connectivity index (χ2v) is 14.6. The maximum Gasteiger partial charge on any atom is 0.160 e. The summed E-state index contributed by atoms with van der Waals surface area (Å²) in [6.45, 7) is 9.31. The third-order valence-electron chi connectivity index (χ3n) is 11.2. The Labute approximate surface area is 286 Å².